The Kier molecular flexibility index (Phi) is 7.11. The minimum Gasteiger partial charge on any atom is -0.297 e. The number of amides is 1. The maximum Gasteiger partial charge on any atom is 0.250 e. The lowest BCUT2D eigenvalue weighted by Gasteiger charge is -2.18. The average Bonchev–Trinajstić information content (AvgIpc) is 3.13. The molecule has 0 atom stereocenters. The summed E-state index contributed by atoms with van der Waals surface area (Å²) in [7, 11) is 0. The molecule has 150 valence electrons. The fourth-order valence-electron chi connectivity index (χ4n) is 2.46. The minimum absolute atomic E-state index is 0.112. The van der Waals surface area contributed by atoms with Crippen molar-refractivity contribution in [1.29, 1.82) is 0 Å². The SMILES string of the molecule is CC(C)(C)c1ccc(C=CC(=O)Nc2nnc(SCc3ccc(Cl)cc3)s2)cc1. The summed E-state index contributed by atoms with van der Waals surface area (Å²) in [5, 5.41) is 12.1. The van der Waals surface area contributed by atoms with Crippen molar-refractivity contribution in [2.24, 2.45) is 0 Å². The molecule has 1 heterocycles. The van der Waals surface area contributed by atoms with Gasteiger partial charge in [0, 0.05) is 16.9 Å². The fraction of sp³-hybridized carbons (Fsp3) is 0.227. The highest BCUT2D eigenvalue weighted by Crippen LogP contribution is 2.28. The van der Waals surface area contributed by atoms with Crippen molar-refractivity contribution in [3.63, 3.8) is 0 Å². The van der Waals surface area contributed by atoms with Crippen molar-refractivity contribution < 1.29 is 4.79 Å². The summed E-state index contributed by atoms with van der Waals surface area (Å²) in [6.07, 6.45) is 3.30. The number of nitrogens with one attached hydrogen (secondary N) is 1. The molecule has 3 rings (SSSR count). The third-order valence-corrected chi connectivity index (χ3v) is 6.41. The third-order valence-electron chi connectivity index (χ3n) is 4.12. The first-order valence-electron chi connectivity index (χ1n) is 9.10. The minimum atomic E-state index is -0.227. The molecule has 3 aromatic rings. The lowest BCUT2D eigenvalue weighted by Crippen LogP contribution is -2.10. The molecular weight excluding hydrogens is 422 g/mol. The van der Waals surface area contributed by atoms with E-state index in [0.717, 1.165) is 26.2 Å². The number of aromatic nitrogens is 2. The molecule has 0 aliphatic carbocycles. The van der Waals surface area contributed by atoms with Crippen molar-refractivity contribution >= 4 is 51.8 Å². The van der Waals surface area contributed by atoms with Gasteiger partial charge in [-0.2, -0.15) is 0 Å². The number of anilines is 1. The molecule has 0 unspecified atom stereocenters. The Balaban J connectivity index is 1.51. The Hall–Kier alpha value is -2.15. The van der Waals surface area contributed by atoms with E-state index in [1.165, 1.54) is 23.0 Å². The van der Waals surface area contributed by atoms with Crippen molar-refractivity contribution in [3.8, 4) is 0 Å². The molecule has 1 aromatic heterocycles. The van der Waals surface area contributed by atoms with E-state index in [9.17, 15) is 4.79 Å². The number of carbonyl (C=O) groups excluding carboxylic acids is 1. The van der Waals surface area contributed by atoms with Gasteiger partial charge in [0.1, 0.15) is 0 Å². The second-order valence-electron chi connectivity index (χ2n) is 7.48. The van der Waals surface area contributed by atoms with Gasteiger partial charge in [0.05, 0.1) is 0 Å². The van der Waals surface area contributed by atoms with Gasteiger partial charge in [-0.15, -0.1) is 10.2 Å². The second-order valence-corrected chi connectivity index (χ2v) is 10.1. The normalized spacial score (nSPS) is 11.7. The lowest BCUT2D eigenvalue weighted by atomic mass is 9.87. The van der Waals surface area contributed by atoms with Crippen molar-refractivity contribution in [1.82, 2.24) is 10.2 Å². The molecule has 4 nitrogen and oxygen atoms in total. The highest BCUT2D eigenvalue weighted by atomic mass is 35.5. The van der Waals surface area contributed by atoms with E-state index >= 15 is 0 Å². The molecule has 0 bridgehead atoms. The van der Waals surface area contributed by atoms with Gasteiger partial charge in [0.25, 0.3) is 0 Å². The van der Waals surface area contributed by atoms with Crippen LogP contribution in [0.25, 0.3) is 6.08 Å². The summed E-state index contributed by atoms with van der Waals surface area (Å²) in [6, 6.07) is 15.9. The smallest absolute Gasteiger partial charge is 0.250 e. The molecule has 0 aliphatic rings. The van der Waals surface area contributed by atoms with Crippen LogP contribution in [0, 0.1) is 0 Å². The van der Waals surface area contributed by atoms with Crippen molar-refractivity contribution in [3.05, 3.63) is 76.3 Å². The van der Waals surface area contributed by atoms with Crippen LogP contribution < -0.4 is 5.32 Å². The molecule has 0 saturated heterocycles. The highest BCUT2D eigenvalue weighted by molar-refractivity contribution is 8.00. The largest absolute Gasteiger partial charge is 0.297 e. The Labute approximate surface area is 184 Å². The van der Waals surface area contributed by atoms with Gasteiger partial charge in [-0.1, -0.05) is 91.9 Å². The average molecular weight is 444 g/mol. The van der Waals surface area contributed by atoms with Crippen LogP contribution in [0.2, 0.25) is 5.02 Å². The summed E-state index contributed by atoms with van der Waals surface area (Å²) in [5.74, 6) is 0.541. The Bertz CT molecular complexity index is 990. The first-order chi connectivity index (χ1) is 13.8. The molecule has 0 aliphatic heterocycles. The zero-order chi connectivity index (χ0) is 20.9. The van der Waals surface area contributed by atoms with Gasteiger partial charge in [-0.3, -0.25) is 10.1 Å². The molecule has 0 saturated carbocycles. The molecule has 1 N–H and O–H groups in total. The van der Waals surface area contributed by atoms with E-state index in [1.54, 1.807) is 17.8 Å². The summed E-state index contributed by atoms with van der Waals surface area (Å²) in [4.78, 5) is 12.2. The fourth-order valence-corrected chi connectivity index (χ4v) is 4.29. The van der Waals surface area contributed by atoms with Crippen LogP contribution in [-0.2, 0) is 16.0 Å². The summed E-state index contributed by atoms with van der Waals surface area (Å²) >= 11 is 8.83. The third kappa shape index (κ3) is 6.70. The van der Waals surface area contributed by atoms with Crippen molar-refractivity contribution in [2.45, 2.75) is 36.3 Å². The molecule has 7 heteroatoms. The molecule has 29 heavy (non-hydrogen) atoms. The number of benzene rings is 2. The first kappa shape index (κ1) is 21.6. The van der Waals surface area contributed by atoms with E-state index in [-0.39, 0.29) is 11.3 Å². The molecular formula is C22H22ClN3OS2. The molecule has 2 aromatic carbocycles. The maximum atomic E-state index is 12.2. The second kappa shape index (κ2) is 9.57. The van der Waals surface area contributed by atoms with Crippen LogP contribution in [0.3, 0.4) is 0 Å². The number of rotatable bonds is 6. The highest BCUT2D eigenvalue weighted by Gasteiger charge is 2.12. The Morgan fingerprint density at radius 3 is 2.45 bits per heavy atom. The van der Waals surface area contributed by atoms with Gasteiger partial charge < -0.3 is 0 Å². The molecule has 0 spiro atoms. The zero-order valence-corrected chi connectivity index (χ0v) is 18.9. The lowest BCUT2D eigenvalue weighted by molar-refractivity contribution is -0.111. The van der Waals surface area contributed by atoms with Gasteiger partial charge in [-0.25, -0.2) is 0 Å². The number of hydrogen-bond acceptors (Lipinski definition) is 5. The summed E-state index contributed by atoms with van der Waals surface area (Å²) in [5.41, 5.74) is 3.50. The van der Waals surface area contributed by atoms with Gasteiger partial charge in [-0.05, 0) is 40.3 Å². The number of hydrogen-bond donors (Lipinski definition) is 1. The van der Waals surface area contributed by atoms with Crippen LogP contribution >= 0.6 is 34.7 Å². The zero-order valence-electron chi connectivity index (χ0n) is 16.5. The van der Waals surface area contributed by atoms with Crippen LogP contribution in [-0.4, -0.2) is 16.1 Å². The van der Waals surface area contributed by atoms with Crippen LogP contribution in [0.4, 0.5) is 5.13 Å². The number of carbonyl (C=O) groups is 1. The Morgan fingerprint density at radius 1 is 1.10 bits per heavy atom. The number of halogens is 1. The molecule has 0 radical (unpaired) electrons. The van der Waals surface area contributed by atoms with Gasteiger partial charge in [0.15, 0.2) is 4.34 Å². The molecule has 0 fully saturated rings. The summed E-state index contributed by atoms with van der Waals surface area (Å²) in [6.45, 7) is 6.53. The number of nitrogens with zero attached hydrogens (tertiary/aromatic N) is 2. The van der Waals surface area contributed by atoms with Gasteiger partial charge in [0.2, 0.25) is 11.0 Å². The number of thioether (sulfide) groups is 1. The standard InChI is InChI=1S/C22H22ClN3OS2/c1-22(2,3)17-9-4-15(5-10-17)8-13-19(27)24-20-25-26-21(29-20)28-14-16-6-11-18(23)12-7-16/h4-13H,14H2,1-3H3,(H,24,25,27). The van der Waals surface area contributed by atoms with E-state index < -0.39 is 0 Å². The predicted octanol–water partition coefficient (Wildman–Crippen LogP) is 6.43. The van der Waals surface area contributed by atoms with E-state index in [1.807, 2.05) is 36.4 Å². The van der Waals surface area contributed by atoms with Crippen molar-refractivity contribution in [2.75, 3.05) is 5.32 Å². The molecule has 1 amide bonds. The quantitative estimate of drug-likeness (QED) is 0.271. The van der Waals surface area contributed by atoms with Crippen LogP contribution in [0.5, 0.6) is 0 Å². The van der Waals surface area contributed by atoms with Crippen LogP contribution in [0.15, 0.2) is 58.9 Å². The van der Waals surface area contributed by atoms with E-state index in [0.29, 0.717) is 5.13 Å². The summed E-state index contributed by atoms with van der Waals surface area (Å²) < 4.78 is 0.803. The van der Waals surface area contributed by atoms with Gasteiger partial charge >= 0.3 is 0 Å². The first-order valence-corrected chi connectivity index (χ1v) is 11.3. The van der Waals surface area contributed by atoms with Crippen LogP contribution in [0.1, 0.15) is 37.5 Å². The Morgan fingerprint density at radius 2 is 1.79 bits per heavy atom. The van der Waals surface area contributed by atoms with E-state index in [4.69, 9.17) is 11.6 Å². The topological polar surface area (TPSA) is 54.9 Å². The van der Waals surface area contributed by atoms with E-state index in [2.05, 4.69) is 48.4 Å². The predicted molar refractivity (Wildman–Crippen MR) is 124 cm³/mol. The maximum absolute atomic E-state index is 12.2. The monoisotopic (exact) mass is 443 g/mol.